The Hall–Kier alpha value is 1.13. The Morgan fingerprint density at radius 1 is 0.500 bits per heavy atom. The van der Waals surface area contributed by atoms with Crippen LogP contribution in [0.5, 0.6) is 0 Å². The van der Waals surface area contributed by atoms with Crippen LogP contribution in [0.1, 0.15) is 96.3 Å². The van der Waals surface area contributed by atoms with E-state index in [-0.39, 0.29) is 0 Å². The van der Waals surface area contributed by atoms with Gasteiger partial charge in [0.15, 0.2) is 4.32 Å². The molecule has 0 aromatic rings. The molecule has 0 aromatic carbocycles. The highest BCUT2D eigenvalue weighted by molar-refractivity contribution is 8.13. The minimum absolute atomic E-state index is 0.404. The summed E-state index contributed by atoms with van der Waals surface area (Å²) in [6.45, 7) is 0. The maximum absolute atomic E-state index is 5.12. The molecule has 0 amide bonds. The first-order valence-electron chi connectivity index (χ1n) is 10.00. The van der Waals surface area contributed by atoms with E-state index >= 15 is 0 Å². The monoisotopic (exact) mass is 359 g/mol. The van der Waals surface area contributed by atoms with Gasteiger partial charge in [-0.3, -0.25) is 0 Å². The summed E-state index contributed by atoms with van der Waals surface area (Å²) in [5, 5.41) is 0. The summed E-state index contributed by atoms with van der Waals surface area (Å²) >= 11 is 10.2. The number of rotatable bonds is 4. The van der Waals surface area contributed by atoms with Gasteiger partial charge in [-0.1, -0.05) is 19.3 Å². The van der Waals surface area contributed by atoms with Crippen molar-refractivity contribution in [2.75, 3.05) is 0 Å². The van der Waals surface area contributed by atoms with E-state index in [1.54, 1.807) is 0 Å². The zero-order valence-electron chi connectivity index (χ0n) is 14.3. The molecule has 0 spiro atoms. The van der Waals surface area contributed by atoms with Gasteiger partial charge in [0.2, 0.25) is 0 Å². The van der Waals surface area contributed by atoms with Crippen LogP contribution in [0.4, 0.5) is 0 Å². The van der Waals surface area contributed by atoms with E-state index in [4.69, 9.17) is 25.3 Å². The Kier molecular flexibility index (Phi) is 6.92. The van der Waals surface area contributed by atoms with Crippen molar-refractivity contribution in [3.8, 4) is 0 Å². The smallest absolute Gasteiger partial charge is 0.125 e. The van der Waals surface area contributed by atoms with E-state index < -0.39 is 7.26 Å². The lowest BCUT2D eigenvalue weighted by molar-refractivity contribution is 0.452. The molecular formula is C19H36PS2+. The molecule has 3 rings (SSSR count). The van der Waals surface area contributed by atoms with Crippen LogP contribution in [0.3, 0.4) is 0 Å². The van der Waals surface area contributed by atoms with Crippen molar-refractivity contribution < 1.29 is 0 Å². The Morgan fingerprint density at radius 3 is 1.00 bits per heavy atom. The molecule has 3 heteroatoms. The maximum Gasteiger partial charge on any atom is 0.155 e. The molecule has 0 unspecified atom stereocenters. The average molecular weight is 360 g/mol. The molecule has 0 atom stereocenters. The van der Waals surface area contributed by atoms with E-state index in [1.807, 2.05) is 0 Å². The molecule has 0 N–H and O–H groups in total. The molecule has 0 aliphatic heterocycles. The van der Waals surface area contributed by atoms with Gasteiger partial charge in [-0.2, -0.15) is 0 Å². The van der Waals surface area contributed by atoms with Crippen LogP contribution in [-0.2, 0) is 0 Å². The molecule has 0 bridgehead atoms. The maximum atomic E-state index is 5.12. The average Bonchev–Trinajstić information content (AvgIpc) is 2.58. The van der Waals surface area contributed by atoms with Crippen LogP contribution in [0.15, 0.2) is 0 Å². The summed E-state index contributed by atoms with van der Waals surface area (Å²) < 4.78 is 0.404. The second-order valence-electron chi connectivity index (χ2n) is 8.12. The lowest BCUT2D eigenvalue weighted by Gasteiger charge is -2.50. The third-order valence-corrected chi connectivity index (χ3v) is 15.6. The molecule has 3 fully saturated rings. The fraction of sp³-hybridized carbons (Fsp3) is 1.00. The minimum atomic E-state index is -1.07. The van der Waals surface area contributed by atoms with Gasteiger partial charge in [-0.15, -0.1) is 25.3 Å². The van der Waals surface area contributed by atoms with E-state index in [2.05, 4.69) is 0 Å². The topological polar surface area (TPSA) is 0 Å². The van der Waals surface area contributed by atoms with Gasteiger partial charge in [-0.05, 0) is 77.0 Å². The van der Waals surface area contributed by atoms with Crippen molar-refractivity contribution in [2.45, 2.75) is 118 Å². The Morgan fingerprint density at radius 2 is 0.773 bits per heavy atom. The van der Waals surface area contributed by atoms with Gasteiger partial charge < -0.3 is 0 Å². The van der Waals surface area contributed by atoms with E-state index in [1.165, 1.54) is 96.3 Å². The second-order valence-corrected chi connectivity index (χ2v) is 14.9. The summed E-state index contributed by atoms with van der Waals surface area (Å²) in [6.07, 6.45) is 22.4. The Balaban J connectivity index is 1.92. The van der Waals surface area contributed by atoms with Crippen LogP contribution in [0.2, 0.25) is 0 Å². The van der Waals surface area contributed by atoms with Gasteiger partial charge in [0.05, 0.1) is 17.0 Å². The highest BCUT2D eigenvalue weighted by atomic mass is 32.2. The van der Waals surface area contributed by atoms with E-state index in [9.17, 15) is 0 Å². The predicted molar refractivity (Wildman–Crippen MR) is 109 cm³/mol. The molecular weight excluding hydrogens is 323 g/mol. The first kappa shape index (κ1) is 17.9. The molecule has 22 heavy (non-hydrogen) atoms. The van der Waals surface area contributed by atoms with Crippen molar-refractivity contribution in [3.05, 3.63) is 0 Å². The molecule has 0 heterocycles. The van der Waals surface area contributed by atoms with Gasteiger partial charge in [0.25, 0.3) is 0 Å². The summed E-state index contributed by atoms with van der Waals surface area (Å²) in [5.74, 6) is 0. The number of thiol groups is 2. The largest absolute Gasteiger partial charge is 0.155 e. The van der Waals surface area contributed by atoms with Crippen molar-refractivity contribution in [2.24, 2.45) is 0 Å². The second kappa shape index (κ2) is 8.48. The summed E-state index contributed by atoms with van der Waals surface area (Å²) in [4.78, 5) is 0. The Bertz CT molecular complexity index is 281. The summed E-state index contributed by atoms with van der Waals surface area (Å²) in [6, 6.07) is 0. The van der Waals surface area contributed by atoms with Crippen molar-refractivity contribution in [1.29, 1.82) is 0 Å². The minimum Gasteiger partial charge on any atom is -0.125 e. The number of hydrogen-bond donors (Lipinski definition) is 2. The lowest BCUT2D eigenvalue weighted by Crippen LogP contribution is -2.38. The van der Waals surface area contributed by atoms with Crippen molar-refractivity contribution in [3.63, 3.8) is 0 Å². The first-order valence-corrected chi connectivity index (χ1v) is 13.1. The molecule has 0 radical (unpaired) electrons. The van der Waals surface area contributed by atoms with Gasteiger partial charge >= 0.3 is 0 Å². The molecule has 3 aliphatic rings. The third-order valence-electron chi connectivity index (χ3n) is 7.02. The summed E-state index contributed by atoms with van der Waals surface area (Å²) in [7, 11) is -1.07. The zero-order valence-corrected chi connectivity index (χ0v) is 16.9. The van der Waals surface area contributed by atoms with Crippen LogP contribution < -0.4 is 0 Å². The zero-order chi connectivity index (χ0) is 15.4. The van der Waals surface area contributed by atoms with Crippen molar-refractivity contribution >= 4 is 32.5 Å². The highest BCUT2D eigenvalue weighted by Gasteiger charge is 2.59. The molecule has 0 aromatic heterocycles. The van der Waals surface area contributed by atoms with Crippen LogP contribution in [0, 0.1) is 0 Å². The fourth-order valence-electron chi connectivity index (χ4n) is 6.04. The van der Waals surface area contributed by atoms with Crippen LogP contribution >= 0.6 is 32.5 Å². The Labute approximate surface area is 150 Å². The molecule has 0 nitrogen and oxygen atoms in total. The van der Waals surface area contributed by atoms with Gasteiger partial charge in [0.1, 0.15) is 0 Å². The van der Waals surface area contributed by atoms with Crippen LogP contribution in [0.25, 0.3) is 0 Å². The molecule has 3 saturated carbocycles. The molecule has 3 aliphatic carbocycles. The molecule has 128 valence electrons. The van der Waals surface area contributed by atoms with Crippen LogP contribution in [-0.4, -0.2) is 21.3 Å². The standard InChI is InChI=1S/C19H35PS2/c21-19(22)20(16-10-4-1-5-11-16,17-12-6-2-7-13-17)18-14-8-3-9-15-18/h16-19H,1-15H2,(H-,21,22)/p+1. The van der Waals surface area contributed by atoms with E-state index in [0.29, 0.717) is 4.32 Å². The highest BCUT2D eigenvalue weighted by Crippen LogP contribution is 2.81. The number of hydrogen-bond acceptors (Lipinski definition) is 2. The predicted octanol–water partition coefficient (Wildman–Crippen LogP) is 7.15. The first-order chi connectivity index (χ1) is 10.8. The lowest BCUT2D eigenvalue weighted by atomic mass is 9.99. The normalized spacial score (nSPS) is 27.4. The van der Waals surface area contributed by atoms with Gasteiger partial charge in [-0.25, -0.2) is 0 Å². The summed E-state index contributed by atoms with van der Waals surface area (Å²) in [5.41, 5.74) is 3.06. The quantitative estimate of drug-likeness (QED) is 0.297. The SMILES string of the molecule is SC(S)[P+](C1CCCCC1)(C1CCCCC1)C1CCCCC1. The third kappa shape index (κ3) is 3.55. The van der Waals surface area contributed by atoms with Crippen molar-refractivity contribution in [1.82, 2.24) is 0 Å². The fourth-order valence-corrected chi connectivity index (χ4v) is 16.1. The van der Waals surface area contributed by atoms with Gasteiger partial charge in [0, 0.05) is 7.26 Å². The van der Waals surface area contributed by atoms with E-state index in [0.717, 1.165) is 17.0 Å². The molecule has 0 saturated heterocycles.